The lowest BCUT2D eigenvalue weighted by molar-refractivity contribution is -0.105. The van der Waals surface area contributed by atoms with Crippen molar-refractivity contribution in [2.24, 2.45) is 0 Å². The van der Waals surface area contributed by atoms with Gasteiger partial charge in [-0.2, -0.15) is 0 Å². The van der Waals surface area contributed by atoms with E-state index < -0.39 is 0 Å². The van der Waals surface area contributed by atoms with Crippen molar-refractivity contribution < 1.29 is 9.53 Å². The average molecular weight is 338 g/mol. The number of allylic oxidation sites excluding steroid dienone is 2. The third-order valence-corrected chi connectivity index (χ3v) is 4.51. The lowest BCUT2D eigenvalue weighted by Gasteiger charge is -2.26. The summed E-state index contributed by atoms with van der Waals surface area (Å²) in [5.74, 6) is 1.24. The van der Waals surface area contributed by atoms with Crippen molar-refractivity contribution >= 4 is 17.8 Å². The fourth-order valence-corrected chi connectivity index (χ4v) is 3.22. The van der Waals surface area contributed by atoms with E-state index in [1.54, 1.807) is 0 Å². The normalized spacial score (nSPS) is 16.6. The third kappa shape index (κ3) is 3.09. The van der Waals surface area contributed by atoms with Crippen molar-refractivity contribution in [2.45, 2.75) is 5.92 Å². The molecule has 2 heteroatoms. The first-order chi connectivity index (χ1) is 12.9. The zero-order valence-corrected chi connectivity index (χ0v) is 14.2. The van der Waals surface area contributed by atoms with Gasteiger partial charge in [0.25, 0.3) is 0 Å². The lowest BCUT2D eigenvalue weighted by Crippen LogP contribution is -2.12. The van der Waals surface area contributed by atoms with Gasteiger partial charge in [0.2, 0.25) is 0 Å². The SMILES string of the molecule is O=CC1=C(c2ccccc2)OC(c2ccccc2)=CC1c1ccccc1. The second-order valence-electron chi connectivity index (χ2n) is 6.16. The molecule has 1 heterocycles. The number of hydrogen-bond acceptors (Lipinski definition) is 2. The second kappa shape index (κ2) is 7.24. The number of rotatable bonds is 4. The molecular formula is C24H18O2. The number of hydrogen-bond donors (Lipinski definition) is 0. The Morgan fingerprint density at radius 1 is 0.692 bits per heavy atom. The Kier molecular flexibility index (Phi) is 4.48. The van der Waals surface area contributed by atoms with Crippen LogP contribution in [0.5, 0.6) is 0 Å². The first kappa shape index (κ1) is 16.1. The largest absolute Gasteiger partial charge is 0.456 e. The molecule has 0 saturated heterocycles. The van der Waals surface area contributed by atoms with Gasteiger partial charge in [-0.1, -0.05) is 91.0 Å². The summed E-state index contributed by atoms with van der Waals surface area (Å²) >= 11 is 0. The molecule has 3 aromatic rings. The molecule has 2 nitrogen and oxygen atoms in total. The molecular weight excluding hydrogens is 320 g/mol. The standard InChI is InChI=1S/C24H18O2/c25-17-22-21(18-10-4-1-5-11-18)16-23(19-12-6-2-7-13-19)26-24(22)20-14-8-3-9-15-20/h1-17,21H. The molecule has 4 rings (SSSR count). The van der Waals surface area contributed by atoms with Crippen molar-refractivity contribution in [2.75, 3.05) is 0 Å². The molecule has 1 atom stereocenters. The fourth-order valence-electron chi connectivity index (χ4n) is 3.22. The van der Waals surface area contributed by atoms with Crippen LogP contribution in [0.3, 0.4) is 0 Å². The fraction of sp³-hybridized carbons (Fsp3) is 0.0417. The van der Waals surface area contributed by atoms with E-state index in [9.17, 15) is 4.79 Å². The van der Waals surface area contributed by atoms with Crippen molar-refractivity contribution in [1.82, 2.24) is 0 Å². The highest BCUT2D eigenvalue weighted by atomic mass is 16.5. The molecule has 0 saturated carbocycles. The molecule has 1 unspecified atom stereocenters. The summed E-state index contributed by atoms with van der Waals surface area (Å²) in [4.78, 5) is 12.0. The summed E-state index contributed by atoms with van der Waals surface area (Å²) in [6, 6.07) is 29.8. The monoisotopic (exact) mass is 338 g/mol. The summed E-state index contributed by atoms with van der Waals surface area (Å²) in [6.07, 6.45) is 2.94. The van der Waals surface area contributed by atoms with E-state index in [1.807, 2.05) is 97.1 Å². The van der Waals surface area contributed by atoms with Gasteiger partial charge in [0.1, 0.15) is 11.5 Å². The highest BCUT2D eigenvalue weighted by molar-refractivity contribution is 5.92. The minimum Gasteiger partial charge on any atom is -0.456 e. The quantitative estimate of drug-likeness (QED) is 0.591. The van der Waals surface area contributed by atoms with E-state index >= 15 is 0 Å². The topological polar surface area (TPSA) is 26.3 Å². The predicted molar refractivity (Wildman–Crippen MR) is 104 cm³/mol. The Hall–Kier alpha value is -3.39. The van der Waals surface area contributed by atoms with E-state index in [-0.39, 0.29) is 5.92 Å². The van der Waals surface area contributed by atoms with Gasteiger partial charge in [-0.25, -0.2) is 0 Å². The summed E-state index contributed by atoms with van der Waals surface area (Å²) in [5.41, 5.74) is 3.60. The van der Waals surface area contributed by atoms with Gasteiger partial charge in [-0.3, -0.25) is 4.79 Å². The number of aldehydes is 1. The molecule has 0 spiro atoms. The van der Waals surface area contributed by atoms with Crippen LogP contribution in [0, 0.1) is 0 Å². The van der Waals surface area contributed by atoms with Gasteiger partial charge in [0.05, 0.1) is 0 Å². The Labute approximate surface area is 153 Å². The summed E-state index contributed by atoms with van der Waals surface area (Å²) in [5, 5.41) is 0. The van der Waals surface area contributed by atoms with Crippen LogP contribution in [0.2, 0.25) is 0 Å². The van der Waals surface area contributed by atoms with Crippen molar-refractivity contribution in [1.29, 1.82) is 0 Å². The molecule has 1 aliphatic heterocycles. The van der Waals surface area contributed by atoms with Crippen LogP contribution >= 0.6 is 0 Å². The van der Waals surface area contributed by atoms with Crippen molar-refractivity contribution in [3.05, 3.63) is 119 Å². The van der Waals surface area contributed by atoms with Gasteiger partial charge < -0.3 is 4.74 Å². The molecule has 0 radical (unpaired) electrons. The molecule has 1 aliphatic rings. The zero-order chi connectivity index (χ0) is 17.8. The summed E-state index contributed by atoms with van der Waals surface area (Å²) in [6.45, 7) is 0. The van der Waals surface area contributed by atoms with Gasteiger partial charge in [-0.05, 0) is 11.6 Å². The third-order valence-electron chi connectivity index (χ3n) is 4.51. The number of carbonyl (C=O) groups is 1. The molecule has 0 fully saturated rings. The zero-order valence-electron chi connectivity index (χ0n) is 14.2. The molecule has 0 N–H and O–H groups in total. The van der Waals surface area contributed by atoms with Crippen LogP contribution in [-0.2, 0) is 9.53 Å². The highest BCUT2D eigenvalue weighted by Crippen LogP contribution is 2.40. The molecule has 0 aliphatic carbocycles. The van der Waals surface area contributed by atoms with E-state index in [4.69, 9.17) is 4.74 Å². The lowest BCUT2D eigenvalue weighted by atomic mass is 9.86. The van der Waals surface area contributed by atoms with E-state index in [2.05, 4.69) is 0 Å². The Bertz CT molecular complexity index is 955. The smallest absolute Gasteiger partial charge is 0.150 e. The number of carbonyl (C=O) groups excluding carboxylic acids is 1. The van der Waals surface area contributed by atoms with E-state index in [1.165, 1.54) is 0 Å². The Morgan fingerprint density at radius 3 is 1.81 bits per heavy atom. The van der Waals surface area contributed by atoms with Crippen LogP contribution in [0.4, 0.5) is 0 Å². The van der Waals surface area contributed by atoms with Gasteiger partial charge in [0.15, 0.2) is 6.29 Å². The first-order valence-electron chi connectivity index (χ1n) is 8.61. The van der Waals surface area contributed by atoms with Gasteiger partial charge >= 0.3 is 0 Å². The minimum atomic E-state index is -0.145. The maximum Gasteiger partial charge on any atom is 0.150 e. The maximum absolute atomic E-state index is 12.0. The molecule has 0 aromatic heterocycles. The van der Waals surface area contributed by atoms with Crippen molar-refractivity contribution in [3.8, 4) is 0 Å². The summed E-state index contributed by atoms with van der Waals surface area (Å²) in [7, 11) is 0. The van der Waals surface area contributed by atoms with Crippen LogP contribution in [0.25, 0.3) is 11.5 Å². The van der Waals surface area contributed by atoms with Crippen LogP contribution in [0.1, 0.15) is 22.6 Å². The Balaban J connectivity index is 1.89. The molecule has 0 amide bonds. The molecule has 26 heavy (non-hydrogen) atoms. The maximum atomic E-state index is 12.0. The van der Waals surface area contributed by atoms with Gasteiger partial charge in [-0.15, -0.1) is 0 Å². The van der Waals surface area contributed by atoms with E-state index in [0.717, 1.165) is 28.7 Å². The minimum absolute atomic E-state index is 0.145. The van der Waals surface area contributed by atoms with Crippen LogP contribution in [-0.4, -0.2) is 6.29 Å². The second-order valence-corrected chi connectivity index (χ2v) is 6.16. The number of benzene rings is 3. The van der Waals surface area contributed by atoms with E-state index in [0.29, 0.717) is 11.3 Å². The first-order valence-corrected chi connectivity index (χ1v) is 8.61. The summed E-state index contributed by atoms with van der Waals surface area (Å²) < 4.78 is 6.22. The average Bonchev–Trinajstić information content (AvgIpc) is 2.74. The Morgan fingerprint density at radius 2 is 1.23 bits per heavy atom. The predicted octanol–water partition coefficient (Wildman–Crippen LogP) is 5.45. The van der Waals surface area contributed by atoms with Crippen LogP contribution < -0.4 is 0 Å². The molecule has 0 bridgehead atoms. The number of ether oxygens (including phenoxy) is 1. The molecule has 126 valence electrons. The van der Waals surface area contributed by atoms with Gasteiger partial charge in [0, 0.05) is 22.6 Å². The van der Waals surface area contributed by atoms with Crippen LogP contribution in [0.15, 0.2) is 103 Å². The highest BCUT2D eigenvalue weighted by Gasteiger charge is 2.27. The molecule has 3 aromatic carbocycles. The van der Waals surface area contributed by atoms with Crippen molar-refractivity contribution in [3.63, 3.8) is 0 Å².